The van der Waals surface area contributed by atoms with Gasteiger partial charge in [-0.05, 0) is 24.3 Å². The third-order valence-corrected chi connectivity index (χ3v) is 6.22. The van der Waals surface area contributed by atoms with Gasteiger partial charge in [0.25, 0.3) is 5.91 Å². The van der Waals surface area contributed by atoms with E-state index < -0.39 is 15.9 Å². The van der Waals surface area contributed by atoms with Gasteiger partial charge in [0.15, 0.2) is 5.65 Å². The highest BCUT2D eigenvalue weighted by atomic mass is 35.5. The Balaban J connectivity index is 1.43. The molecule has 158 valence electrons. The van der Waals surface area contributed by atoms with E-state index in [0.29, 0.717) is 16.2 Å². The Kier molecular flexibility index (Phi) is 5.99. The quantitative estimate of drug-likeness (QED) is 0.417. The Labute approximate surface area is 183 Å². The van der Waals surface area contributed by atoms with Crippen LogP contribution in [0.3, 0.4) is 0 Å². The predicted octanol–water partition coefficient (Wildman–Crippen LogP) is 2.76. The van der Waals surface area contributed by atoms with Gasteiger partial charge in [0, 0.05) is 29.9 Å². The number of sulfonamides is 1. The molecule has 2 heterocycles. The molecule has 8 nitrogen and oxygen atoms in total. The van der Waals surface area contributed by atoms with E-state index in [-0.39, 0.29) is 18.0 Å². The largest absolute Gasteiger partial charge is 0.351 e. The summed E-state index contributed by atoms with van der Waals surface area (Å²) in [5.41, 5.74) is 2.47. The van der Waals surface area contributed by atoms with Crippen LogP contribution in [0.15, 0.2) is 78.0 Å². The summed E-state index contributed by atoms with van der Waals surface area (Å²) in [7, 11) is -3.72. The minimum atomic E-state index is -3.72. The van der Waals surface area contributed by atoms with Crippen molar-refractivity contribution in [1.82, 2.24) is 24.6 Å². The molecule has 4 aromatic rings. The van der Waals surface area contributed by atoms with E-state index in [4.69, 9.17) is 11.6 Å². The van der Waals surface area contributed by atoms with Crippen molar-refractivity contribution in [3.8, 4) is 11.3 Å². The molecule has 0 aliphatic rings. The van der Waals surface area contributed by atoms with Crippen LogP contribution in [-0.2, 0) is 10.0 Å². The third kappa shape index (κ3) is 4.58. The lowest BCUT2D eigenvalue weighted by molar-refractivity contribution is 0.0955. The Morgan fingerprint density at radius 3 is 2.61 bits per heavy atom. The number of carbonyl (C=O) groups is 1. The number of hydrogen-bond acceptors (Lipinski definition) is 5. The maximum atomic E-state index is 12.6. The molecule has 2 N–H and O–H groups in total. The number of nitrogens with zero attached hydrogens (tertiary/aromatic N) is 3. The Morgan fingerprint density at radius 2 is 1.84 bits per heavy atom. The summed E-state index contributed by atoms with van der Waals surface area (Å²) in [4.78, 5) is 16.9. The Bertz CT molecular complexity index is 1340. The van der Waals surface area contributed by atoms with Gasteiger partial charge < -0.3 is 5.32 Å². The number of benzene rings is 2. The monoisotopic (exact) mass is 455 g/mol. The molecule has 0 saturated carbocycles. The molecule has 0 aliphatic carbocycles. The van der Waals surface area contributed by atoms with Crippen molar-refractivity contribution in [1.29, 1.82) is 0 Å². The molecular weight excluding hydrogens is 438 g/mol. The molecule has 1 amide bonds. The number of fused-ring (bicyclic) bond motifs is 1. The molecule has 0 aliphatic heterocycles. The molecule has 2 aromatic heterocycles. The fourth-order valence-electron chi connectivity index (χ4n) is 3.05. The molecule has 2 aromatic carbocycles. The molecule has 0 bridgehead atoms. The van der Waals surface area contributed by atoms with Crippen molar-refractivity contribution in [2.24, 2.45) is 0 Å². The summed E-state index contributed by atoms with van der Waals surface area (Å²) in [6, 6.07) is 17.4. The molecule has 0 atom stereocenters. The lowest BCUT2D eigenvalue weighted by Gasteiger charge is -2.08. The van der Waals surface area contributed by atoms with Gasteiger partial charge in [0.05, 0.1) is 16.8 Å². The lowest BCUT2D eigenvalue weighted by Crippen LogP contribution is -2.34. The summed E-state index contributed by atoms with van der Waals surface area (Å²) in [6.45, 7) is 0.108. The van der Waals surface area contributed by atoms with Crippen molar-refractivity contribution in [3.05, 3.63) is 83.6 Å². The van der Waals surface area contributed by atoms with Gasteiger partial charge in [0.1, 0.15) is 5.56 Å². The van der Waals surface area contributed by atoms with E-state index in [2.05, 4.69) is 20.1 Å². The van der Waals surface area contributed by atoms with Gasteiger partial charge in [-0.25, -0.2) is 22.6 Å². The number of aromatic nitrogens is 3. The first-order valence-corrected chi connectivity index (χ1v) is 11.2. The van der Waals surface area contributed by atoms with Crippen LogP contribution < -0.4 is 10.0 Å². The number of amides is 1. The maximum absolute atomic E-state index is 12.6. The zero-order valence-electron chi connectivity index (χ0n) is 16.2. The maximum Gasteiger partial charge on any atom is 0.256 e. The van der Waals surface area contributed by atoms with Crippen LogP contribution >= 0.6 is 11.6 Å². The van der Waals surface area contributed by atoms with E-state index in [1.54, 1.807) is 22.8 Å². The molecule has 0 spiro atoms. The molecule has 0 fully saturated rings. The van der Waals surface area contributed by atoms with Crippen molar-refractivity contribution in [3.63, 3.8) is 0 Å². The van der Waals surface area contributed by atoms with Gasteiger partial charge >= 0.3 is 0 Å². The number of carbonyl (C=O) groups excluding carboxylic acids is 1. The summed E-state index contributed by atoms with van der Waals surface area (Å²) in [6.07, 6.45) is 3.06. The van der Waals surface area contributed by atoms with Crippen molar-refractivity contribution >= 4 is 33.2 Å². The second-order valence-corrected chi connectivity index (χ2v) is 8.80. The van der Waals surface area contributed by atoms with E-state index in [1.807, 2.05) is 36.4 Å². The second-order valence-electron chi connectivity index (χ2n) is 6.60. The number of nitrogens with one attached hydrogen (secondary N) is 2. The Morgan fingerprint density at radius 1 is 1.03 bits per heavy atom. The average Bonchev–Trinajstić information content (AvgIpc) is 3.22. The van der Waals surface area contributed by atoms with Crippen molar-refractivity contribution in [2.75, 3.05) is 13.1 Å². The third-order valence-electron chi connectivity index (χ3n) is 4.52. The van der Waals surface area contributed by atoms with Crippen LogP contribution in [0.1, 0.15) is 10.4 Å². The molecule has 10 heteroatoms. The molecule has 4 rings (SSSR count). The highest BCUT2D eigenvalue weighted by Gasteiger charge is 2.17. The fourth-order valence-corrected chi connectivity index (χ4v) is 4.39. The summed E-state index contributed by atoms with van der Waals surface area (Å²) in [5, 5.41) is 7.31. The van der Waals surface area contributed by atoms with Crippen LogP contribution in [0.5, 0.6) is 0 Å². The van der Waals surface area contributed by atoms with Crippen molar-refractivity contribution < 1.29 is 13.2 Å². The van der Waals surface area contributed by atoms with Gasteiger partial charge in [-0.15, -0.1) is 0 Å². The average molecular weight is 456 g/mol. The second kappa shape index (κ2) is 8.84. The smallest absolute Gasteiger partial charge is 0.256 e. The minimum absolute atomic E-state index is 0.0164. The standard InChI is InChI=1S/C21H18ClN5O3S/c22-16-7-4-8-17(13-16)31(29,30)26-12-11-24-21(28)18-14-25-27-19(9-10-23-20(18)27)15-5-2-1-3-6-15/h1-10,13-14,26H,11-12H2,(H,24,28). The first kappa shape index (κ1) is 21.0. The number of halogens is 1. The van der Waals surface area contributed by atoms with Crippen LogP contribution in [0.2, 0.25) is 5.02 Å². The predicted molar refractivity (Wildman–Crippen MR) is 117 cm³/mol. The van der Waals surface area contributed by atoms with E-state index >= 15 is 0 Å². The van der Waals surface area contributed by atoms with E-state index in [0.717, 1.165) is 11.3 Å². The first-order valence-electron chi connectivity index (χ1n) is 9.37. The van der Waals surface area contributed by atoms with Crippen LogP contribution in [-0.4, -0.2) is 42.0 Å². The topological polar surface area (TPSA) is 105 Å². The number of rotatable bonds is 7. The highest BCUT2D eigenvalue weighted by molar-refractivity contribution is 7.89. The molecular formula is C21H18ClN5O3S. The lowest BCUT2D eigenvalue weighted by atomic mass is 10.1. The summed E-state index contributed by atoms with van der Waals surface area (Å²) < 4.78 is 28.6. The molecule has 31 heavy (non-hydrogen) atoms. The van der Waals surface area contributed by atoms with E-state index in [9.17, 15) is 13.2 Å². The van der Waals surface area contributed by atoms with Gasteiger partial charge in [-0.2, -0.15) is 5.10 Å². The summed E-state index contributed by atoms with van der Waals surface area (Å²) >= 11 is 5.85. The molecule has 0 radical (unpaired) electrons. The zero-order chi connectivity index (χ0) is 21.8. The SMILES string of the molecule is O=C(NCCNS(=O)(=O)c1cccc(Cl)c1)c1cnn2c(-c3ccccc3)ccnc12. The van der Waals surface area contributed by atoms with Crippen LogP contribution in [0, 0.1) is 0 Å². The van der Waals surface area contributed by atoms with Gasteiger partial charge in [0.2, 0.25) is 10.0 Å². The zero-order valence-corrected chi connectivity index (χ0v) is 17.8. The number of hydrogen-bond donors (Lipinski definition) is 2. The van der Waals surface area contributed by atoms with Gasteiger partial charge in [-0.1, -0.05) is 48.0 Å². The molecule has 0 unspecified atom stereocenters. The fraction of sp³-hybridized carbons (Fsp3) is 0.0952. The normalized spacial score (nSPS) is 11.5. The van der Waals surface area contributed by atoms with Crippen molar-refractivity contribution in [2.45, 2.75) is 4.90 Å². The minimum Gasteiger partial charge on any atom is -0.351 e. The van der Waals surface area contributed by atoms with Crippen LogP contribution in [0.4, 0.5) is 0 Å². The summed E-state index contributed by atoms with van der Waals surface area (Å²) in [5.74, 6) is -0.394. The first-order chi connectivity index (χ1) is 15.0. The Hall–Kier alpha value is -3.27. The molecule has 0 saturated heterocycles. The van der Waals surface area contributed by atoms with Gasteiger partial charge in [-0.3, -0.25) is 4.79 Å². The van der Waals surface area contributed by atoms with E-state index in [1.165, 1.54) is 18.3 Å². The highest BCUT2D eigenvalue weighted by Crippen LogP contribution is 2.20. The van der Waals surface area contributed by atoms with Crippen LogP contribution in [0.25, 0.3) is 16.9 Å².